The maximum absolute atomic E-state index is 11.4. The summed E-state index contributed by atoms with van der Waals surface area (Å²) in [7, 11) is 0. The van der Waals surface area contributed by atoms with Crippen LogP contribution in [0.2, 0.25) is 5.02 Å². The van der Waals surface area contributed by atoms with Gasteiger partial charge in [0.05, 0.1) is 6.42 Å². The van der Waals surface area contributed by atoms with Crippen molar-refractivity contribution in [1.29, 1.82) is 0 Å². The van der Waals surface area contributed by atoms with Crippen LogP contribution in [-0.4, -0.2) is 5.91 Å². The van der Waals surface area contributed by atoms with Gasteiger partial charge in [-0.05, 0) is 23.6 Å². The van der Waals surface area contributed by atoms with Gasteiger partial charge in [0.2, 0.25) is 5.91 Å². The quantitative estimate of drug-likeness (QED) is 0.741. The SMILES string of the molecule is CCCCCCCC(N)c1cc2c(cc1Cl)NC(=O)C2. The first-order valence-electron chi connectivity index (χ1n) is 7.49. The standard InChI is InChI=1S/C16H23ClN2O/c1-2-3-4-5-6-7-14(18)12-8-11-9-16(20)19-15(11)10-13(12)17/h8,10,14H,2-7,9,18H2,1H3,(H,19,20). The molecule has 0 bridgehead atoms. The van der Waals surface area contributed by atoms with E-state index in [4.69, 9.17) is 17.3 Å². The van der Waals surface area contributed by atoms with E-state index in [9.17, 15) is 4.79 Å². The van der Waals surface area contributed by atoms with Crippen molar-refractivity contribution in [3.8, 4) is 0 Å². The predicted octanol–water partition coefficient (Wildman–Crippen LogP) is 4.19. The Labute approximate surface area is 125 Å². The van der Waals surface area contributed by atoms with Crippen LogP contribution in [0.5, 0.6) is 0 Å². The lowest BCUT2D eigenvalue weighted by atomic mass is 9.98. The highest BCUT2D eigenvalue weighted by molar-refractivity contribution is 6.32. The fraction of sp³-hybridized carbons (Fsp3) is 0.562. The molecule has 20 heavy (non-hydrogen) atoms. The molecule has 110 valence electrons. The zero-order valence-corrected chi connectivity index (χ0v) is 12.8. The minimum Gasteiger partial charge on any atom is -0.325 e. The molecule has 0 saturated heterocycles. The third-order valence-electron chi connectivity index (χ3n) is 3.87. The smallest absolute Gasteiger partial charge is 0.228 e. The van der Waals surface area contributed by atoms with Crippen LogP contribution in [0, 0.1) is 0 Å². The molecule has 0 spiro atoms. The first-order chi connectivity index (χ1) is 9.61. The number of carbonyl (C=O) groups excluding carboxylic acids is 1. The fourth-order valence-electron chi connectivity index (χ4n) is 2.67. The van der Waals surface area contributed by atoms with Crippen LogP contribution in [0.3, 0.4) is 0 Å². The van der Waals surface area contributed by atoms with Crippen LogP contribution in [0.4, 0.5) is 5.69 Å². The van der Waals surface area contributed by atoms with Crippen LogP contribution in [0.15, 0.2) is 12.1 Å². The second-order valence-corrected chi connectivity index (χ2v) is 5.97. The molecule has 1 aliphatic rings. The average molecular weight is 295 g/mol. The summed E-state index contributed by atoms with van der Waals surface area (Å²) >= 11 is 6.28. The Bertz CT molecular complexity index is 488. The summed E-state index contributed by atoms with van der Waals surface area (Å²) in [4.78, 5) is 11.4. The number of hydrogen-bond acceptors (Lipinski definition) is 2. The predicted molar refractivity (Wildman–Crippen MR) is 84.1 cm³/mol. The Balaban J connectivity index is 1.95. The van der Waals surface area contributed by atoms with Gasteiger partial charge in [0.15, 0.2) is 0 Å². The summed E-state index contributed by atoms with van der Waals surface area (Å²) in [6, 6.07) is 3.78. The number of nitrogens with two attached hydrogens (primary N) is 1. The molecule has 2 rings (SSSR count). The van der Waals surface area contributed by atoms with E-state index < -0.39 is 0 Å². The Hall–Kier alpha value is -1.06. The van der Waals surface area contributed by atoms with E-state index >= 15 is 0 Å². The topological polar surface area (TPSA) is 55.1 Å². The van der Waals surface area contributed by atoms with Gasteiger partial charge < -0.3 is 11.1 Å². The van der Waals surface area contributed by atoms with Gasteiger partial charge in [-0.15, -0.1) is 0 Å². The highest BCUT2D eigenvalue weighted by Gasteiger charge is 2.21. The van der Waals surface area contributed by atoms with E-state index in [1.54, 1.807) is 0 Å². The molecule has 0 fully saturated rings. The molecule has 1 aliphatic heterocycles. The van der Waals surface area contributed by atoms with Crippen molar-refractivity contribution in [1.82, 2.24) is 0 Å². The zero-order valence-electron chi connectivity index (χ0n) is 12.0. The van der Waals surface area contributed by atoms with Gasteiger partial charge >= 0.3 is 0 Å². The molecular formula is C16H23ClN2O. The largest absolute Gasteiger partial charge is 0.325 e. The Morgan fingerprint density at radius 2 is 2.05 bits per heavy atom. The van der Waals surface area contributed by atoms with Crippen molar-refractivity contribution in [2.24, 2.45) is 5.73 Å². The molecule has 1 atom stereocenters. The summed E-state index contributed by atoms with van der Waals surface area (Å²) in [5.41, 5.74) is 9.06. The molecule has 1 aromatic rings. The number of hydrogen-bond donors (Lipinski definition) is 2. The third-order valence-corrected chi connectivity index (χ3v) is 4.19. The van der Waals surface area contributed by atoms with Crippen molar-refractivity contribution in [2.45, 2.75) is 57.9 Å². The van der Waals surface area contributed by atoms with Crippen LogP contribution in [0.25, 0.3) is 0 Å². The number of nitrogens with one attached hydrogen (secondary N) is 1. The Kier molecular flexibility index (Phi) is 5.44. The first kappa shape index (κ1) is 15.3. The minimum absolute atomic E-state index is 0.0290. The summed E-state index contributed by atoms with van der Waals surface area (Å²) in [5, 5.41) is 3.47. The van der Waals surface area contributed by atoms with Gasteiger partial charge in [0.25, 0.3) is 0 Å². The molecule has 0 aromatic heterocycles. The monoisotopic (exact) mass is 294 g/mol. The summed E-state index contributed by atoms with van der Waals surface area (Å²) < 4.78 is 0. The molecule has 1 amide bonds. The lowest BCUT2D eigenvalue weighted by Crippen LogP contribution is -2.11. The van der Waals surface area contributed by atoms with Gasteiger partial charge in [-0.1, -0.05) is 56.7 Å². The van der Waals surface area contributed by atoms with E-state index in [-0.39, 0.29) is 11.9 Å². The number of rotatable bonds is 7. The van der Waals surface area contributed by atoms with E-state index in [0.29, 0.717) is 11.4 Å². The van der Waals surface area contributed by atoms with Gasteiger partial charge in [0.1, 0.15) is 0 Å². The summed E-state index contributed by atoms with van der Waals surface area (Å²) in [6.07, 6.45) is 7.56. The first-order valence-corrected chi connectivity index (χ1v) is 7.87. The Morgan fingerprint density at radius 1 is 1.30 bits per heavy atom. The molecule has 3 nitrogen and oxygen atoms in total. The lowest BCUT2D eigenvalue weighted by Gasteiger charge is -2.15. The molecule has 0 radical (unpaired) electrons. The van der Waals surface area contributed by atoms with Crippen molar-refractivity contribution in [2.75, 3.05) is 5.32 Å². The van der Waals surface area contributed by atoms with Crippen LogP contribution < -0.4 is 11.1 Å². The van der Waals surface area contributed by atoms with Gasteiger partial charge in [-0.2, -0.15) is 0 Å². The zero-order chi connectivity index (χ0) is 14.5. The molecule has 0 saturated carbocycles. The molecular weight excluding hydrogens is 272 g/mol. The van der Waals surface area contributed by atoms with Gasteiger partial charge in [-0.3, -0.25) is 4.79 Å². The van der Waals surface area contributed by atoms with E-state index in [2.05, 4.69) is 12.2 Å². The van der Waals surface area contributed by atoms with Crippen LogP contribution in [0.1, 0.15) is 62.6 Å². The molecule has 0 aliphatic carbocycles. The molecule has 1 heterocycles. The number of amides is 1. The van der Waals surface area contributed by atoms with E-state index in [1.807, 2.05) is 12.1 Å². The normalized spacial score (nSPS) is 15.1. The third kappa shape index (κ3) is 3.74. The Morgan fingerprint density at radius 3 is 2.80 bits per heavy atom. The van der Waals surface area contributed by atoms with Gasteiger partial charge in [-0.25, -0.2) is 0 Å². The number of carbonyl (C=O) groups is 1. The number of benzene rings is 1. The average Bonchev–Trinajstić information content (AvgIpc) is 2.76. The molecule has 1 aromatic carbocycles. The van der Waals surface area contributed by atoms with E-state index in [1.165, 1.54) is 25.7 Å². The maximum atomic E-state index is 11.4. The number of fused-ring (bicyclic) bond motifs is 1. The molecule has 3 N–H and O–H groups in total. The van der Waals surface area contributed by atoms with Crippen molar-refractivity contribution in [3.05, 3.63) is 28.3 Å². The number of unbranched alkanes of at least 4 members (excludes halogenated alkanes) is 4. The van der Waals surface area contributed by atoms with Crippen LogP contribution >= 0.6 is 11.6 Å². The highest BCUT2D eigenvalue weighted by atomic mass is 35.5. The van der Waals surface area contributed by atoms with Gasteiger partial charge in [0, 0.05) is 16.8 Å². The van der Waals surface area contributed by atoms with Crippen LogP contribution in [-0.2, 0) is 11.2 Å². The molecule has 4 heteroatoms. The maximum Gasteiger partial charge on any atom is 0.228 e. The fourth-order valence-corrected chi connectivity index (χ4v) is 2.98. The number of halogens is 1. The summed E-state index contributed by atoms with van der Waals surface area (Å²) in [6.45, 7) is 2.21. The highest BCUT2D eigenvalue weighted by Crippen LogP contribution is 2.33. The van der Waals surface area contributed by atoms with Crippen molar-refractivity contribution < 1.29 is 4.79 Å². The second-order valence-electron chi connectivity index (χ2n) is 5.57. The van der Waals surface area contributed by atoms with Crippen molar-refractivity contribution in [3.63, 3.8) is 0 Å². The number of anilines is 1. The lowest BCUT2D eigenvalue weighted by molar-refractivity contribution is -0.115. The second kappa shape index (κ2) is 7.09. The van der Waals surface area contributed by atoms with E-state index in [0.717, 1.165) is 29.7 Å². The molecule has 1 unspecified atom stereocenters. The van der Waals surface area contributed by atoms with Crippen molar-refractivity contribution >= 4 is 23.2 Å². The minimum atomic E-state index is -0.0369. The summed E-state index contributed by atoms with van der Waals surface area (Å²) in [5.74, 6) is 0.0290.